The fraction of sp³-hybridized carbons (Fsp3) is 0.500. The van der Waals surface area contributed by atoms with Gasteiger partial charge in [0.05, 0.1) is 12.7 Å². The Hall–Kier alpha value is -1.23. The molecule has 1 N–H and O–H groups in total. The Balaban J connectivity index is 3.33. The molecular formula is C12H16F3NO. The lowest BCUT2D eigenvalue weighted by molar-refractivity contribution is -0.138. The molecule has 0 aliphatic carbocycles. The van der Waals surface area contributed by atoms with E-state index in [4.69, 9.17) is 4.74 Å². The molecule has 0 fully saturated rings. The number of ether oxygens (including phenoxy) is 1. The van der Waals surface area contributed by atoms with E-state index in [1.54, 1.807) is 13.1 Å². The Kier molecular flexibility index (Phi) is 3.71. The van der Waals surface area contributed by atoms with E-state index < -0.39 is 17.3 Å². The van der Waals surface area contributed by atoms with E-state index in [2.05, 4.69) is 5.32 Å². The first-order valence-electron chi connectivity index (χ1n) is 5.17. The SMILES string of the molecule is CNC(C)(C)c1ccc(OC)c(C(F)(F)F)c1. The smallest absolute Gasteiger partial charge is 0.419 e. The van der Waals surface area contributed by atoms with E-state index in [1.165, 1.54) is 13.2 Å². The molecule has 0 aliphatic rings. The Bertz CT molecular complexity index is 399. The van der Waals surface area contributed by atoms with Crippen LogP contribution in [0.1, 0.15) is 25.0 Å². The molecule has 0 atom stereocenters. The van der Waals surface area contributed by atoms with Crippen LogP contribution >= 0.6 is 0 Å². The zero-order valence-corrected chi connectivity index (χ0v) is 10.3. The zero-order valence-electron chi connectivity index (χ0n) is 10.3. The molecule has 0 aliphatic heterocycles. The van der Waals surface area contributed by atoms with E-state index in [1.807, 2.05) is 13.8 Å². The molecule has 5 heteroatoms. The number of benzene rings is 1. The van der Waals surface area contributed by atoms with Crippen molar-refractivity contribution in [2.75, 3.05) is 14.2 Å². The van der Waals surface area contributed by atoms with Crippen molar-refractivity contribution in [1.82, 2.24) is 5.32 Å². The highest BCUT2D eigenvalue weighted by molar-refractivity contribution is 5.41. The average molecular weight is 247 g/mol. The maximum Gasteiger partial charge on any atom is 0.419 e. The van der Waals surface area contributed by atoms with Gasteiger partial charge in [0.25, 0.3) is 0 Å². The highest BCUT2D eigenvalue weighted by Gasteiger charge is 2.35. The van der Waals surface area contributed by atoms with Gasteiger partial charge in [0.2, 0.25) is 0 Å². The molecule has 0 bridgehead atoms. The second kappa shape index (κ2) is 4.56. The third-order valence-electron chi connectivity index (χ3n) is 2.85. The van der Waals surface area contributed by atoms with Gasteiger partial charge in [0.15, 0.2) is 0 Å². The van der Waals surface area contributed by atoms with E-state index in [0.717, 1.165) is 6.07 Å². The molecule has 0 heterocycles. The molecule has 0 amide bonds. The lowest BCUT2D eigenvalue weighted by Crippen LogP contribution is -2.33. The minimum atomic E-state index is -4.41. The van der Waals surface area contributed by atoms with Gasteiger partial charge in [-0.15, -0.1) is 0 Å². The quantitative estimate of drug-likeness (QED) is 0.885. The fourth-order valence-electron chi connectivity index (χ4n) is 1.46. The first-order chi connectivity index (χ1) is 7.72. The van der Waals surface area contributed by atoms with Crippen LogP contribution in [0.2, 0.25) is 0 Å². The first kappa shape index (κ1) is 13.8. The lowest BCUT2D eigenvalue weighted by atomic mass is 9.92. The number of alkyl halides is 3. The molecule has 0 saturated heterocycles. The van der Waals surface area contributed by atoms with Crippen molar-refractivity contribution < 1.29 is 17.9 Å². The van der Waals surface area contributed by atoms with Crippen LogP contribution in [-0.2, 0) is 11.7 Å². The molecule has 2 nitrogen and oxygen atoms in total. The van der Waals surface area contributed by atoms with Gasteiger partial charge in [-0.1, -0.05) is 6.07 Å². The summed E-state index contributed by atoms with van der Waals surface area (Å²) in [6.45, 7) is 3.63. The minimum Gasteiger partial charge on any atom is -0.496 e. The van der Waals surface area contributed by atoms with Gasteiger partial charge < -0.3 is 10.1 Å². The van der Waals surface area contributed by atoms with Crippen LogP contribution in [0.5, 0.6) is 5.75 Å². The molecule has 0 aromatic heterocycles. The summed E-state index contributed by atoms with van der Waals surface area (Å²) in [6, 6.07) is 4.09. The largest absolute Gasteiger partial charge is 0.496 e. The molecule has 0 spiro atoms. The van der Waals surface area contributed by atoms with Crippen molar-refractivity contribution in [3.05, 3.63) is 29.3 Å². The average Bonchev–Trinajstić information content (AvgIpc) is 2.27. The van der Waals surface area contributed by atoms with E-state index in [-0.39, 0.29) is 5.75 Å². The topological polar surface area (TPSA) is 21.3 Å². The molecule has 17 heavy (non-hydrogen) atoms. The highest BCUT2D eigenvalue weighted by Crippen LogP contribution is 2.38. The summed E-state index contributed by atoms with van der Waals surface area (Å²) in [4.78, 5) is 0. The van der Waals surface area contributed by atoms with Crippen molar-refractivity contribution in [3.8, 4) is 5.75 Å². The fourth-order valence-corrected chi connectivity index (χ4v) is 1.46. The molecule has 0 unspecified atom stereocenters. The van der Waals surface area contributed by atoms with Gasteiger partial charge in [-0.25, -0.2) is 0 Å². The summed E-state index contributed by atoms with van der Waals surface area (Å²) in [5, 5.41) is 2.97. The third kappa shape index (κ3) is 2.91. The molecule has 1 aromatic rings. The van der Waals surface area contributed by atoms with Crippen LogP contribution in [0.25, 0.3) is 0 Å². The van der Waals surface area contributed by atoms with Crippen molar-refractivity contribution in [2.24, 2.45) is 0 Å². The molecule has 96 valence electrons. The van der Waals surface area contributed by atoms with Crippen molar-refractivity contribution in [2.45, 2.75) is 25.6 Å². The number of rotatable bonds is 3. The number of halogens is 3. The number of methoxy groups -OCH3 is 1. The highest BCUT2D eigenvalue weighted by atomic mass is 19.4. The summed E-state index contributed by atoms with van der Waals surface area (Å²) in [5.74, 6) is -0.159. The Morgan fingerprint density at radius 2 is 1.76 bits per heavy atom. The summed E-state index contributed by atoms with van der Waals surface area (Å²) >= 11 is 0. The molecule has 1 rings (SSSR count). The number of nitrogens with one attached hydrogen (secondary N) is 1. The van der Waals surface area contributed by atoms with Crippen LogP contribution in [0.4, 0.5) is 13.2 Å². The normalized spacial score (nSPS) is 12.6. The number of hydrogen-bond donors (Lipinski definition) is 1. The summed E-state index contributed by atoms with van der Waals surface area (Å²) in [6.07, 6.45) is -4.41. The first-order valence-corrected chi connectivity index (χ1v) is 5.17. The third-order valence-corrected chi connectivity index (χ3v) is 2.85. The number of hydrogen-bond acceptors (Lipinski definition) is 2. The maximum absolute atomic E-state index is 12.8. The molecular weight excluding hydrogens is 231 g/mol. The molecule has 0 radical (unpaired) electrons. The van der Waals surface area contributed by atoms with E-state index >= 15 is 0 Å². The van der Waals surface area contributed by atoms with Crippen LogP contribution < -0.4 is 10.1 Å². The van der Waals surface area contributed by atoms with E-state index in [9.17, 15) is 13.2 Å². The Morgan fingerprint density at radius 3 is 2.18 bits per heavy atom. The van der Waals surface area contributed by atoms with Gasteiger partial charge in [-0.3, -0.25) is 0 Å². The predicted molar refractivity (Wildman–Crippen MR) is 60.1 cm³/mol. The summed E-state index contributed by atoms with van der Waals surface area (Å²) in [5.41, 5.74) is -0.708. The zero-order chi connectivity index (χ0) is 13.3. The lowest BCUT2D eigenvalue weighted by Gasteiger charge is -2.26. The van der Waals surface area contributed by atoms with Gasteiger partial charge in [0.1, 0.15) is 5.75 Å². The van der Waals surface area contributed by atoms with Crippen LogP contribution in [-0.4, -0.2) is 14.2 Å². The standard InChI is InChI=1S/C12H16F3NO/c1-11(2,16-3)8-5-6-10(17-4)9(7-8)12(13,14)15/h5-7,16H,1-4H3. The molecule has 0 saturated carbocycles. The molecule has 1 aromatic carbocycles. The minimum absolute atomic E-state index is 0.159. The van der Waals surface area contributed by atoms with Crippen LogP contribution in [0.3, 0.4) is 0 Å². The summed E-state index contributed by atoms with van der Waals surface area (Å²) in [7, 11) is 2.94. The van der Waals surface area contributed by atoms with E-state index in [0.29, 0.717) is 5.56 Å². The Labute approximate surface area is 98.8 Å². The van der Waals surface area contributed by atoms with Crippen LogP contribution in [0, 0.1) is 0 Å². The van der Waals surface area contributed by atoms with Gasteiger partial charge in [0, 0.05) is 5.54 Å². The van der Waals surface area contributed by atoms with Crippen molar-refractivity contribution in [3.63, 3.8) is 0 Å². The predicted octanol–water partition coefficient (Wildman–Crippen LogP) is 3.17. The second-order valence-corrected chi connectivity index (χ2v) is 4.29. The Morgan fingerprint density at radius 1 is 1.18 bits per heavy atom. The van der Waals surface area contributed by atoms with Crippen molar-refractivity contribution >= 4 is 0 Å². The van der Waals surface area contributed by atoms with Gasteiger partial charge >= 0.3 is 6.18 Å². The van der Waals surface area contributed by atoms with Crippen molar-refractivity contribution in [1.29, 1.82) is 0 Å². The van der Waals surface area contributed by atoms with Crippen LogP contribution in [0.15, 0.2) is 18.2 Å². The van der Waals surface area contributed by atoms with Gasteiger partial charge in [-0.2, -0.15) is 13.2 Å². The second-order valence-electron chi connectivity index (χ2n) is 4.29. The summed E-state index contributed by atoms with van der Waals surface area (Å²) < 4.78 is 43.2. The monoisotopic (exact) mass is 247 g/mol. The maximum atomic E-state index is 12.8. The van der Waals surface area contributed by atoms with Gasteiger partial charge in [-0.05, 0) is 38.6 Å².